The molecule has 2 N–H and O–H groups in total. The Kier molecular flexibility index (Phi) is 9.19. The van der Waals surface area contributed by atoms with E-state index in [4.69, 9.17) is 4.74 Å². The number of methoxy groups -OCH3 is 1. The highest BCUT2D eigenvalue weighted by Gasteiger charge is 2.70. The second-order valence-electron chi connectivity index (χ2n) is 19.4. The van der Waals surface area contributed by atoms with Crippen LogP contribution in [0.25, 0.3) is 5.57 Å². The highest BCUT2D eigenvalue weighted by atomic mass is 16.5. The minimum Gasteiger partial charge on any atom is -0.465 e. The molecule has 0 saturated heterocycles. The molecule has 1 amide bonds. The van der Waals surface area contributed by atoms with Gasteiger partial charge in [-0.15, -0.1) is 0 Å². The molecule has 0 spiro atoms. The van der Waals surface area contributed by atoms with Crippen molar-refractivity contribution in [3.05, 3.63) is 53.6 Å². The molecule has 1 aromatic carbocycles. The molecule has 0 radical (unpaired) electrons. The van der Waals surface area contributed by atoms with Crippen LogP contribution in [0.15, 0.2) is 42.5 Å². The van der Waals surface area contributed by atoms with Crippen LogP contribution in [0.1, 0.15) is 136 Å². The zero-order valence-corrected chi connectivity index (χ0v) is 32.5. The van der Waals surface area contributed by atoms with E-state index in [0.29, 0.717) is 47.1 Å². The number of ether oxygens (including phenoxy) is 1. The first-order valence-corrected chi connectivity index (χ1v) is 19.4. The lowest BCUT2D eigenvalue weighted by atomic mass is 9.33. The summed E-state index contributed by atoms with van der Waals surface area (Å²) in [5.74, 6) is 3.01. The highest BCUT2D eigenvalue weighted by molar-refractivity contribution is 5.90. The number of rotatable bonds is 7. The van der Waals surface area contributed by atoms with E-state index in [0.717, 1.165) is 13.0 Å². The van der Waals surface area contributed by atoms with Gasteiger partial charge in [-0.05, 0) is 139 Å². The smallest absolute Gasteiger partial charge is 0.337 e. The summed E-state index contributed by atoms with van der Waals surface area (Å²) in [5.41, 5.74) is 5.31. The molecule has 0 bridgehead atoms. The van der Waals surface area contributed by atoms with Gasteiger partial charge in [0.1, 0.15) is 0 Å². The van der Waals surface area contributed by atoms with E-state index in [1.807, 2.05) is 32.9 Å². The number of esters is 1. The first kappa shape index (κ1) is 36.4. The summed E-state index contributed by atoms with van der Waals surface area (Å²) in [7, 11) is 1.44. The molecule has 4 fully saturated rings. The maximum Gasteiger partial charge on any atom is 0.337 e. The standard InChI is InChI=1S/C44H66N2O3/c1-28(2)31-18-23-44(46-27-26-45-38(48)39(3,4)5)25-24-42(9)33(36(31)44)16-17-35-41(8)21-19-32(29-12-14-30(15-13-29)37(47)49-11)40(6,7)34(41)20-22-43(35,42)10/h12-15,19,31,33-36,46H,1,16-18,20-27H2,2-11H3,(H,45,48). The average molecular weight is 671 g/mol. The zero-order chi connectivity index (χ0) is 35.8. The zero-order valence-electron chi connectivity index (χ0n) is 32.5. The second-order valence-corrected chi connectivity index (χ2v) is 19.4. The van der Waals surface area contributed by atoms with Crippen molar-refractivity contribution in [1.29, 1.82) is 0 Å². The van der Waals surface area contributed by atoms with Gasteiger partial charge < -0.3 is 15.4 Å². The molecule has 5 nitrogen and oxygen atoms in total. The minimum atomic E-state index is -0.363. The van der Waals surface area contributed by atoms with Gasteiger partial charge >= 0.3 is 5.97 Å². The Labute approximate surface area is 297 Å². The molecule has 5 aliphatic carbocycles. The van der Waals surface area contributed by atoms with E-state index in [2.05, 4.69) is 77.0 Å². The molecule has 270 valence electrons. The summed E-state index contributed by atoms with van der Waals surface area (Å²) in [6, 6.07) is 8.10. The molecule has 49 heavy (non-hydrogen) atoms. The van der Waals surface area contributed by atoms with E-state index in [1.54, 1.807) is 0 Å². The molecule has 4 saturated carbocycles. The van der Waals surface area contributed by atoms with Crippen LogP contribution in [0.4, 0.5) is 0 Å². The van der Waals surface area contributed by atoms with E-state index >= 15 is 0 Å². The van der Waals surface area contributed by atoms with Crippen LogP contribution in [-0.2, 0) is 9.53 Å². The van der Waals surface area contributed by atoms with Crippen LogP contribution in [-0.4, -0.2) is 37.6 Å². The lowest BCUT2D eigenvalue weighted by Crippen LogP contribution is -2.68. The lowest BCUT2D eigenvalue weighted by molar-refractivity contribution is -0.219. The summed E-state index contributed by atoms with van der Waals surface area (Å²) in [6.07, 6.45) is 13.8. The Balaban J connectivity index is 1.27. The fourth-order valence-electron chi connectivity index (χ4n) is 13.2. The fourth-order valence-corrected chi connectivity index (χ4v) is 13.2. The summed E-state index contributed by atoms with van der Waals surface area (Å²) in [4.78, 5) is 24.7. The van der Waals surface area contributed by atoms with Gasteiger partial charge in [-0.3, -0.25) is 4.79 Å². The van der Waals surface area contributed by atoms with Crippen molar-refractivity contribution in [2.24, 2.45) is 56.7 Å². The molecule has 0 heterocycles. The molecule has 5 heteroatoms. The van der Waals surface area contributed by atoms with Crippen LogP contribution in [0.3, 0.4) is 0 Å². The van der Waals surface area contributed by atoms with Crippen molar-refractivity contribution in [2.75, 3.05) is 20.2 Å². The molecule has 1 aromatic rings. The van der Waals surface area contributed by atoms with E-state index in [9.17, 15) is 9.59 Å². The third kappa shape index (κ3) is 5.58. The predicted molar refractivity (Wildman–Crippen MR) is 201 cm³/mol. The topological polar surface area (TPSA) is 67.4 Å². The predicted octanol–water partition coefficient (Wildman–Crippen LogP) is 9.63. The highest BCUT2D eigenvalue weighted by Crippen LogP contribution is 2.76. The molecule has 0 aromatic heterocycles. The number of amides is 1. The molecule has 0 aliphatic heterocycles. The van der Waals surface area contributed by atoms with Crippen molar-refractivity contribution in [1.82, 2.24) is 10.6 Å². The van der Waals surface area contributed by atoms with E-state index in [-0.39, 0.29) is 39.1 Å². The molecule has 9 atom stereocenters. The number of fused-ring (bicyclic) bond motifs is 7. The number of nitrogens with one attached hydrogen (secondary N) is 2. The van der Waals surface area contributed by atoms with E-state index in [1.165, 1.54) is 75.2 Å². The maximum atomic E-state index is 12.6. The maximum absolute atomic E-state index is 12.6. The van der Waals surface area contributed by atoms with E-state index < -0.39 is 0 Å². The summed E-state index contributed by atoms with van der Waals surface area (Å²) >= 11 is 0. The normalized spacial score (nSPS) is 39.4. The number of benzene rings is 1. The lowest BCUT2D eigenvalue weighted by Gasteiger charge is -2.72. The molecular formula is C44H66N2O3. The van der Waals surface area contributed by atoms with Gasteiger partial charge in [0.15, 0.2) is 0 Å². The summed E-state index contributed by atoms with van der Waals surface area (Å²) in [5, 5.41) is 7.33. The molecule has 9 unspecified atom stereocenters. The first-order chi connectivity index (χ1) is 22.9. The monoisotopic (exact) mass is 671 g/mol. The number of carbonyl (C=O) groups excluding carboxylic acids is 2. The number of hydrogen-bond acceptors (Lipinski definition) is 4. The fraction of sp³-hybridized carbons (Fsp3) is 0.727. The van der Waals surface area contributed by atoms with Gasteiger partial charge in [-0.2, -0.15) is 0 Å². The third-order valence-corrected chi connectivity index (χ3v) is 15.8. The Bertz CT molecular complexity index is 1500. The average Bonchev–Trinajstić information content (AvgIpc) is 3.42. The van der Waals surface area contributed by atoms with Gasteiger partial charge in [0, 0.05) is 24.0 Å². The van der Waals surface area contributed by atoms with Crippen LogP contribution < -0.4 is 10.6 Å². The number of carbonyl (C=O) groups is 2. The molecule has 6 rings (SSSR count). The van der Waals surface area contributed by atoms with Crippen LogP contribution in [0.2, 0.25) is 0 Å². The minimum absolute atomic E-state index is 0.0451. The van der Waals surface area contributed by atoms with Crippen molar-refractivity contribution >= 4 is 17.4 Å². The van der Waals surface area contributed by atoms with Gasteiger partial charge in [-0.1, -0.05) is 85.8 Å². The van der Waals surface area contributed by atoms with Crippen LogP contribution in [0, 0.1) is 56.7 Å². The molecule has 5 aliphatic rings. The SMILES string of the molecule is C=C(C)C1CCC2(NCCNC(=O)C(C)(C)C)CCC3(C)C(CCC4C5(C)CC=C(c6ccc(C(=O)OC)cc6)C(C)(C)C5CCC43C)C12. The Morgan fingerprint density at radius 2 is 1.57 bits per heavy atom. The summed E-state index contributed by atoms with van der Waals surface area (Å²) in [6.45, 7) is 27.4. The molecular weight excluding hydrogens is 604 g/mol. The summed E-state index contributed by atoms with van der Waals surface area (Å²) < 4.78 is 4.96. The van der Waals surface area contributed by atoms with Gasteiger partial charge in [0.25, 0.3) is 0 Å². The van der Waals surface area contributed by atoms with Crippen molar-refractivity contribution in [2.45, 2.75) is 126 Å². The van der Waals surface area contributed by atoms with Gasteiger partial charge in [0.2, 0.25) is 5.91 Å². The number of allylic oxidation sites excluding steroid dienone is 3. The van der Waals surface area contributed by atoms with Gasteiger partial charge in [0.05, 0.1) is 12.7 Å². The van der Waals surface area contributed by atoms with Crippen molar-refractivity contribution in [3.8, 4) is 0 Å². The largest absolute Gasteiger partial charge is 0.465 e. The second kappa shape index (κ2) is 12.4. The van der Waals surface area contributed by atoms with Crippen molar-refractivity contribution < 1.29 is 14.3 Å². The van der Waals surface area contributed by atoms with Crippen LogP contribution >= 0.6 is 0 Å². The van der Waals surface area contributed by atoms with Crippen molar-refractivity contribution in [3.63, 3.8) is 0 Å². The van der Waals surface area contributed by atoms with Gasteiger partial charge in [-0.25, -0.2) is 4.79 Å². The Hall–Kier alpha value is -2.40. The first-order valence-electron chi connectivity index (χ1n) is 19.4. The number of hydrogen-bond donors (Lipinski definition) is 2. The Morgan fingerprint density at radius 3 is 2.20 bits per heavy atom. The third-order valence-electron chi connectivity index (χ3n) is 15.8. The van der Waals surface area contributed by atoms with Crippen LogP contribution in [0.5, 0.6) is 0 Å². The quantitative estimate of drug-likeness (QED) is 0.172. The Morgan fingerprint density at radius 1 is 0.878 bits per heavy atom.